The normalized spacial score (nSPS) is 13.4. The van der Waals surface area contributed by atoms with Crippen LogP contribution in [0.3, 0.4) is 0 Å². The summed E-state index contributed by atoms with van der Waals surface area (Å²) in [6.45, 7) is 0. The maximum Gasteiger partial charge on any atom is 0.257 e. The summed E-state index contributed by atoms with van der Waals surface area (Å²) in [6.07, 6.45) is -2.50. The zero-order valence-corrected chi connectivity index (χ0v) is 8.33. The monoisotopic (exact) mass is 283 g/mol. The Morgan fingerprint density at radius 2 is 1.67 bits per heavy atom. The van der Waals surface area contributed by atoms with E-state index in [2.05, 4.69) is 22.6 Å². The van der Waals surface area contributed by atoms with E-state index in [0.29, 0.717) is 5.56 Å². The van der Waals surface area contributed by atoms with Gasteiger partial charge in [-0.2, -0.15) is 0 Å². The first-order valence-corrected chi connectivity index (χ1v) is 4.48. The molecule has 0 aliphatic rings. The Morgan fingerprint density at radius 3 is 2.08 bits per heavy atom. The van der Waals surface area contributed by atoms with Crippen LogP contribution >= 0.6 is 22.6 Å². The van der Waals surface area contributed by atoms with Gasteiger partial charge in [-0.3, -0.25) is 0 Å². The molecule has 0 aliphatic heterocycles. The lowest BCUT2D eigenvalue weighted by Gasteiger charge is -2.09. The van der Waals surface area contributed by atoms with Gasteiger partial charge in [0, 0.05) is 3.57 Å². The van der Waals surface area contributed by atoms with Crippen molar-refractivity contribution in [2.75, 3.05) is 0 Å². The summed E-state index contributed by atoms with van der Waals surface area (Å²) < 4.78 is 25.2. The van der Waals surface area contributed by atoms with E-state index in [1.54, 1.807) is 24.3 Å². The molecule has 4 heteroatoms. The molecule has 0 heterocycles. The summed E-state index contributed by atoms with van der Waals surface area (Å²) in [5, 5.41) is 0. The molecule has 1 aromatic carbocycles. The number of hydrogen-bond acceptors (Lipinski definition) is 1. The minimum Gasteiger partial charge on any atom is -0.319 e. The van der Waals surface area contributed by atoms with Crippen molar-refractivity contribution in [1.82, 2.24) is 0 Å². The Bertz CT molecular complexity index is 248. The molecule has 2 N–H and O–H groups in total. The fourth-order valence-corrected chi connectivity index (χ4v) is 1.19. The Kier molecular flexibility index (Phi) is 3.39. The first kappa shape index (κ1) is 9.85. The van der Waals surface area contributed by atoms with Crippen molar-refractivity contribution in [3.8, 4) is 0 Å². The number of alkyl halides is 2. The van der Waals surface area contributed by atoms with Gasteiger partial charge in [0.15, 0.2) is 0 Å². The molecule has 1 nitrogen and oxygen atoms in total. The van der Waals surface area contributed by atoms with E-state index in [1.807, 2.05) is 0 Å². The van der Waals surface area contributed by atoms with E-state index in [4.69, 9.17) is 5.73 Å². The molecule has 0 saturated carbocycles. The quantitative estimate of drug-likeness (QED) is 0.829. The highest BCUT2D eigenvalue weighted by Gasteiger charge is 2.16. The minimum absolute atomic E-state index is 0.477. The van der Waals surface area contributed by atoms with Gasteiger partial charge < -0.3 is 5.73 Å². The number of nitrogens with two attached hydrogens (primary N) is 1. The predicted octanol–water partition coefficient (Wildman–Crippen LogP) is 2.56. The Balaban J connectivity index is 2.82. The van der Waals surface area contributed by atoms with Crippen molar-refractivity contribution in [1.29, 1.82) is 0 Å². The van der Waals surface area contributed by atoms with Crippen LogP contribution in [0.2, 0.25) is 0 Å². The highest BCUT2D eigenvalue weighted by Crippen LogP contribution is 2.18. The predicted molar refractivity (Wildman–Crippen MR) is 52.1 cm³/mol. The molecule has 1 atom stereocenters. The summed E-state index contributed by atoms with van der Waals surface area (Å²) in [7, 11) is 0. The van der Waals surface area contributed by atoms with Crippen molar-refractivity contribution in [2.45, 2.75) is 12.5 Å². The van der Waals surface area contributed by atoms with E-state index in [0.717, 1.165) is 3.57 Å². The molecule has 0 aromatic heterocycles. The summed E-state index contributed by atoms with van der Waals surface area (Å²) in [4.78, 5) is 0. The molecule has 0 fully saturated rings. The maximum atomic E-state index is 12.1. The zero-order valence-electron chi connectivity index (χ0n) is 6.18. The first-order chi connectivity index (χ1) is 5.61. The van der Waals surface area contributed by atoms with Crippen LogP contribution in [0.1, 0.15) is 11.6 Å². The Hall–Kier alpha value is -0.230. The molecule has 1 aromatic rings. The average Bonchev–Trinajstić information content (AvgIpc) is 2.04. The van der Waals surface area contributed by atoms with E-state index in [9.17, 15) is 8.78 Å². The van der Waals surface area contributed by atoms with E-state index < -0.39 is 12.5 Å². The lowest BCUT2D eigenvalue weighted by molar-refractivity contribution is 0.116. The molecule has 0 amide bonds. The van der Waals surface area contributed by atoms with Crippen LogP contribution in [0.25, 0.3) is 0 Å². The standard InChI is InChI=1S/C8H8F2IN/c9-8(10)7(12)5-1-3-6(11)4-2-5/h1-4,7-8H,12H2/t7-/m1/s1. The topological polar surface area (TPSA) is 26.0 Å². The van der Waals surface area contributed by atoms with Crippen LogP contribution < -0.4 is 5.73 Å². The number of halogens is 3. The SMILES string of the molecule is N[C@H](c1ccc(I)cc1)C(F)F. The van der Waals surface area contributed by atoms with Crippen LogP contribution in [0.5, 0.6) is 0 Å². The van der Waals surface area contributed by atoms with Gasteiger partial charge in [0.1, 0.15) is 0 Å². The summed E-state index contributed by atoms with van der Waals surface area (Å²) in [6, 6.07) is 5.61. The minimum atomic E-state index is -2.50. The second-order valence-corrected chi connectivity index (χ2v) is 3.66. The fourth-order valence-electron chi connectivity index (χ4n) is 0.830. The second kappa shape index (κ2) is 4.13. The van der Waals surface area contributed by atoms with Crippen LogP contribution in [0.15, 0.2) is 24.3 Å². The summed E-state index contributed by atoms with van der Waals surface area (Å²) >= 11 is 2.11. The summed E-state index contributed by atoms with van der Waals surface area (Å²) in [5.74, 6) is 0. The lowest BCUT2D eigenvalue weighted by Crippen LogP contribution is -2.18. The van der Waals surface area contributed by atoms with Crippen molar-refractivity contribution in [3.05, 3.63) is 33.4 Å². The molecular weight excluding hydrogens is 275 g/mol. The van der Waals surface area contributed by atoms with E-state index >= 15 is 0 Å². The third-order valence-corrected chi connectivity index (χ3v) is 2.25. The van der Waals surface area contributed by atoms with Crippen molar-refractivity contribution in [3.63, 3.8) is 0 Å². The van der Waals surface area contributed by atoms with Gasteiger partial charge in [-0.15, -0.1) is 0 Å². The van der Waals surface area contributed by atoms with E-state index in [1.165, 1.54) is 0 Å². The van der Waals surface area contributed by atoms with Crippen LogP contribution in [0.4, 0.5) is 8.78 Å². The van der Waals surface area contributed by atoms with Gasteiger partial charge in [0.05, 0.1) is 6.04 Å². The number of benzene rings is 1. The molecule has 0 aliphatic carbocycles. The van der Waals surface area contributed by atoms with Gasteiger partial charge in [-0.1, -0.05) is 12.1 Å². The highest BCUT2D eigenvalue weighted by molar-refractivity contribution is 14.1. The van der Waals surface area contributed by atoms with Crippen LogP contribution in [0, 0.1) is 3.57 Å². The molecule has 0 saturated heterocycles. The molecule has 0 radical (unpaired) electrons. The largest absolute Gasteiger partial charge is 0.319 e. The molecule has 0 unspecified atom stereocenters. The molecule has 12 heavy (non-hydrogen) atoms. The molecule has 0 bridgehead atoms. The van der Waals surface area contributed by atoms with Crippen molar-refractivity contribution < 1.29 is 8.78 Å². The third kappa shape index (κ3) is 2.38. The number of rotatable bonds is 2. The van der Waals surface area contributed by atoms with Crippen molar-refractivity contribution in [2.24, 2.45) is 5.73 Å². The average molecular weight is 283 g/mol. The van der Waals surface area contributed by atoms with Gasteiger partial charge >= 0.3 is 0 Å². The first-order valence-electron chi connectivity index (χ1n) is 3.40. The van der Waals surface area contributed by atoms with Crippen molar-refractivity contribution >= 4 is 22.6 Å². The van der Waals surface area contributed by atoms with Gasteiger partial charge in [-0.05, 0) is 40.3 Å². The second-order valence-electron chi connectivity index (χ2n) is 2.41. The van der Waals surface area contributed by atoms with Gasteiger partial charge in [0.2, 0.25) is 0 Å². The molecule has 0 spiro atoms. The molecular formula is C8H8F2IN. The fraction of sp³-hybridized carbons (Fsp3) is 0.250. The van der Waals surface area contributed by atoms with Crippen LogP contribution in [-0.4, -0.2) is 6.43 Å². The smallest absolute Gasteiger partial charge is 0.257 e. The highest BCUT2D eigenvalue weighted by atomic mass is 127. The maximum absolute atomic E-state index is 12.1. The van der Waals surface area contributed by atoms with E-state index in [-0.39, 0.29) is 0 Å². The molecule has 66 valence electrons. The number of hydrogen-bond donors (Lipinski definition) is 1. The summed E-state index contributed by atoms with van der Waals surface area (Å²) in [5.41, 5.74) is 5.71. The Morgan fingerprint density at radius 1 is 1.17 bits per heavy atom. The van der Waals surface area contributed by atoms with Crippen LogP contribution in [-0.2, 0) is 0 Å². The lowest BCUT2D eigenvalue weighted by atomic mass is 10.1. The third-order valence-electron chi connectivity index (χ3n) is 1.53. The Labute approximate surface area is 83.1 Å². The van der Waals surface area contributed by atoms with Gasteiger partial charge in [0.25, 0.3) is 6.43 Å². The zero-order chi connectivity index (χ0) is 9.14. The van der Waals surface area contributed by atoms with Gasteiger partial charge in [-0.25, -0.2) is 8.78 Å². The molecule has 1 rings (SSSR count).